The minimum atomic E-state index is -0.504. The zero-order valence-electron chi connectivity index (χ0n) is 15.4. The normalized spacial score (nSPS) is 14.4. The van der Waals surface area contributed by atoms with Crippen molar-refractivity contribution in [3.8, 4) is 5.75 Å². The average Bonchev–Trinajstić information content (AvgIpc) is 2.74. The molecular weight excluding hydrogens is 361 g/mol. The van der Waals surface area contributed by atoms with Gasteiger partial charge in [0.05, 0.1) is 7.11 Å². The minimum absolute atomic E-state index is 0.0380. The molecule has 0 radical (unpaired) electrons. The van der Waals surface area contributed by atoms with Crippen LogP contribution in [0.15, 0.2) is 53.5 Å². The second-order valence-electron chi connectivity index (χ2n) is 6.70. The number of hydrogen-bond acceptors (Lipinski definition) is 4. The highest BCUT2D eigenvalue weighted by molar-refractivity contribution is 5.97. The molecule has 144 valence electrons. The molecule has 1 saturated heterocycles. The zero-order valence-corrected chi connectivity index (χ0v) is 15.4. The number of nitrogens with zero attached hydrogens (tertiary/aromatic N) is 2. The summed E-state index contributed by atoms with van der Waals surface area (Å²) >= 11 is 0. The van der Waals surface area contributed by atoms with E-state index in [0.717, 1.165) is 17.5 Å². The van der Waals surface area contributed by atoms with Gasteiger partial charge in [0.25, 0.3) is 5.91 Å². The van der Waals surface area contributed by atoms with E-state index in [0.29, 0.717) is 31.7 Å². The number of rotatable bonds is 3. The predicted molar refractivity (Wildman–Crippen MR) is 106 cm³/mol. The van der Waals surface area contributed by atoms with Gasteiger partial charge in [0.1, 0.15) is 17.1 Å². The molecule has 1 N–H and O–H groups in total. The molecule has 0 atom stereocenters. The van der Waals surface area contributed by atoms with E-state index in [1.165, 1.54) is 18.3 Å². The molecule has 0 aliphatic carbocycles. The third-order valence-corrected chi connectivity index (χ3v) is 5.08. The van der Waals surface area contributed by atoms with Crippen LogP contribution >= 0.6 is 0 Å². The Morgan fingerprint density at radius 3 is 2.46 bits per heavy atom. The fraction of sp³-hybridized carbons (Fsp3) is 0.238. The fourth-order valence-electron chi connectivity index (χ4n) is 3.48. The summed E-state index contributed by atoms with van der Waals surface area (Å²) in [5.74, 6) is -0.0398. The number of carbonyl (C=O) groups excluding carboxylic acids is 1. The molecule has 6 nitrogen and oxygen atoms in total. The third kappa shape index (κ3) is 3.31. The number of halogens is 1. The van der Waals surface area contributed by atoms with Crippen LogP contribution in [0.1, 0.15) is 10.4 Å². The SMILES string of the molecule is COc1ccc(N2CCN(C(=O)c3c[nH]c4ccc(F)cc4c3=O)CC2)cc1. The highest BCUT2D eigenvalue weighted by Crippen LogP contribution is 2.21. The first kappa shape index (κ1) is 18.0. The number of aromatic nitrogens is 1. The minimum Gasteiger partial charge on any atom is -0.497 e. The van der Waals surface area contributed by atoms with Crippen LogP contribution in [-0.4, -0.2) is 49.1 Å². The lowest BCUT2D eigenvalue weighted by Gasteiger charge is -2.36. The van der Waals surface area contributed by atoms with Crippen molar-refractivity contribution in [3.63, 3.8) is 0 Å². The summed E-state index contributed by atoms with van der Waals surface area (Å²) in [4.78, 5) is 32.3. The lowest BCUT2D eigenvalue weighted by atomic mass is 10.1. The fourth-order valence-corrected chi connectivity index (χ4v) is 3.48. The topological polar surface area (TPSA) is 65.6 Å². The summed E-state index contributed by atoms with van der Waals surface area (Å²) in [7, 11) is 1.63. The first-order valence-electron chi connectivity index (χ1n) is 9.06. The maximum absolute atomic E-state index is 13.5. The number of amides is 1. The molecule has 2 aromatic carbocycles. The standard InChI is InChI=1S/C21H20FN3O3/c1-28-16-5-3-15(4-6-16)24-8-10-25(11-9-24)21(27)18-13-23-19-7-2-14(22)12-17(19)20(18)26/h2-7,12-13H,8-11H2,1H3,(H,23,26). The van der Waals surface area contributed by atoms with E-state index >= 15 is 0 Å². The van der Waals surface area contributed by atoms with Crippen LogP contribution in [0, 0.1) is 5.82 Å². The van der Waals surface area contributed by atoms with Gasteiger partial charge >= 0.3 is 0 Å². The van der Waals surface area contributed by atoms with Gasteiger partial charge < -0.3 is 19.5 Å². The molecule has 3 aromatic rings. The van der Waals surface area contributed by atoms with E-state index in [4.69, 9.17) is 4.74 Å². The number of aromatic amines is 1. The Hall–Kier alpha value is -3.35. The van der Waals surface area contributed by atoms with Gasteiger partial charge in [-0.3, -0.25) is 9.59 Å². The Morgan fingerprint density at radius 1 is 1.07 bits per heavy atom. The molecule has 2 heterocycles. The van der Waals surface area contributed by atoms with Gasteiger partial charge in [-0.2, -0.15) is 0 Å². The number of piperazine rings is 1. The molecule has 1 aromatic heterocycles. The van der Waals surface area contributed by atoms with Crippen molar-refractivity contribution in [2.24, 2.45) is 0 Å². The number of pyridine rings is 1. The summed E-state index contributed by atoms with van der Waals surface area (Å²) in [5, 5.41) is 0.183. The number of nitrogens with one attached hydrogen (secondary N) is 1. The Kier molecular flexibility index (Phi) is 4.73. The second kappa shape index (κ2) is 7.34. The van der Waals surface area contributed by atoms with Gasteiger partial charge in [0, 0.05) is 49.0 Å². The van der Waals surface area contributed by atoms with E-state index < -0.39 is 11.2 Å². The van der Waals surface area contributed by atoms with Crippen molar-refractivity contribution in [1.29, 1.82) is 0 Å². The Bertz CT molecular complexity index is 1070. The van der Waals surface area contributed by atoms with E-state index in [2.05, 4.69) is 9.88 Å². The van der Waals surface area contributed by atoms with E-state index in [9.17, 15) is 14.0 Å². The van der Waals surface area contributed by atoms with Crippen LogP contribution in [0.2, 0.25) is 0 Å². The van der Waals surface area contributed by atoms with Crippen LogP contribution in [0.3, 0.4) is 0 Å². The predicted octanol–water partition coefficient (Wildman–Crippen LogP) is 2.64. The Labute approximate surface area is 161 Å². The Balaban J connectivity index is 1.50. The van der Waals surface area contributed by atoms with Gasteiger partial charge in [-0.05, 0) is 42.5 Å². The van der Waals surface area contributed by atoms with Crippen molar-refractivity contribution in [3.05, 3.63) is 70.3 Å². The van der Waals surface area contributed by atoms with Crippen LogP contribution in [0.25, 0.3) is 10.9 Å². The molecule has 1 fully saturated rings. The van der Waals surface area contributed by atoms with Crippen molar-refractivity contribution in [2.45, 2.75) is 0 Å². The van der Waals surface area contributed by atoms with Crippen molar-refractivity contribution < 1.29 is 13.9 Å². The number of H-pyrrole nitrogens is 1. The maximum Gasteiger partial charge on any atom is 0.259 e. The van der Waals surface area contributed by atoms with Crippen molar-refractivity contribution in [1.82, 2.24) is 9.88 Å². The van der Waals surface area contributed by atoms with Gasteiger partial charge in [-0.1, -0.05) is 0 Å². The number of ether oxygens (including phenoxy) is 1. The molecular formula is C21H20FN3O3. The second-order valence-corrected chi connectivity index (χ2v) is 6.70. The summed E-state index contributed by atoms with van der Waals surface area (Å²) in [6, 6.07) is 11.7. The van der Waals surface area contributed by atoms with Crippen LogP contribution < -0.4 is 15.1 Å². The molecule has 1 amide bonds. The number of hydrogen-bond donors (Lipinski definition) is 1. The molecule has 0 spiro atoms. The molecule has 0 bridgehead atoms. The molecule has 28 heavy (non-hydrogen) atoms. The van der Waals surface area contributed by atoms with Gasteiger partial charge in [-0.25, -0.2) is 4.39 Å². The lowest BCUT2D eigenvalue weighted by Crippen LogP contribution is -2.49. The first-order valence-corrected chi connectivity index (χ1v) is 9.06. The summed E-state index contributed by atoms with van der Waals surface area (Å²) < 4.78 is 18.7. The van der Waals surface area contributed by atoms with Crippen LogP contribution in [0.5, 0.6) is 5.75 Å². The number of fused-ring (bicyclic) bond motifs is 1. The molecule has 4 rings (SSSR count). The number of carbonyl (C=O) groups is 1. The first-order chi connectivity index (χ1) is 13.6. The van der Waals surface area contributed by atoms with E-state index in [-0.39, 0.29) is 16.9 Å². The summed E-state index contributed by atoms with van der Waals surface area (Å²) in [5.41, 5.74) is 1.16. The Morgan fingerprint density at radius 2 is 1.79 bits per heavy atom. The third-order valence-electron chi connectivity index (χ3n) is 5.08. The maximum atomic E-state index is 13.5. The van der Waals surface area contributed by atoms with Crippen molar-refractivity contribution in [2.75, 3.05) is 38.2 Å². The number of methoxy groups -OCH3 is 1. The lowest BCUT2D eigenvalue weighted by molar-refractivity contribution is 0.0745. The zero-order chi connectivity index (χ0) is 19.7. The van der Waals surface area contributed by atoms with E-state index in [1.54, 1.807) is 12.0 Å². The highest BCUT2D eigenvalue weighted by atomic mass is 19.1. The molecule has 1 aliphatic rings. The number of anilines is 1. The molecule has 0 saturated carbocycles. The smallest absolute Gasteiger partial charge is 0.259 e. The molecule has 1 aliphatic heterocycles. The van der Waals surface area contributed by atoms with Gasteiger partial charge in [-0.15, -0.1) is 0 Å². The average molecular weight is 381 g/mol. The van der Waals surface area contributed by atoms with Crippen LogP contribution in [0.4, 0.5) is 10.1 Å². The quantitative estimate of drug-likeness (QED) is 0.758. The van der Waals surface area contributed by atoms with Crippen LogP contribution in [-0.2, 0) is 0 Å². The van der Waals surface area contributed by atoms with Gasteiger partial charge in [0.2, 0.25) is 5.43 Å². The van der Waals surface area contributed by atoms with E-state index in [1.807, 2.05) is 24.3 Å². The summed E-state index contributed by atoms with van der Waals surface area (Å²) in [6.45, 7) is 2.34. The molecule has 0 unspecified atom stereocenters. The van der Waals surface area contributed by atoms with Crippen molar-refractivity contribution >= 4 is 22.5 Å². The monoisotopic (exact) mass is 381 g/mol. The summed E-state index contributed by atoms with van der Waals surface area (Å²) in [6.07, 6.45) is 1.42. The largest absolute Gasteiger partial charge is 0.497 e. The number of benzene rings is 2. The highest BCUT2D eigenvalue weighted by Gasteiger charge is 2.24. The van der Waals surface area contributed by atoms with Gasteiger partial charge in [0.15, 0.2) is 0 Å². The molecule has 7 heteroatoms.